The van der Waals surface area contributed by atoms with Crippen molar-refractivity contribution in [2.75, 3.05) is 61.7 Å². The van der Waals surface area contributed by atoms with Crippen LogP contribution in [0, 0.1) is 17.8 Å². The van der Waals surface area contributed by atoms with Crippen molar-refractivity contribution in [3.63, 3.8) is 0 Å². The van der Waals surface area contributed by atoms with Crippen LogP contribution in [-0.4, -0.2) is 205 Å². The maximum Gasteiger partial charge on any atom is 0.341 e. The minimum atomic E-state index is -1.65. The maximum absolute atomic E-state index is 14.7. The number of hydrogen-bond acceptors (Lipinski definition) is 19. The fraction of sp³-hybridized carbons (Fsp3) is 0.789. The van der Waals surface area contributed by atoms with Crippen molar-refractivity contribution in [1.29, 1.82) is 0 Å². The van der Waals surface area contributed by atoms with Crippen molar-refractivity contribution >= 4 is 40.4 Å². The summed E-state index contributed by atoms with van der Waals surface area (Å²) in [5, 5.41) is 47.0. The van der Waals surface area contributed by atoms with Crippen LogP contribution in [0.2, 0.25) is 5.02 Å². The molecule has 0 radical (unpaired) electrons. The van der Waals surface area contributed by atoms with Crippen molar-refractivity contribution in [2.24, 2.45) is 17.8 Å². The number of aliphatic hydroxyl groups excluding tert-OH is 1. The van der Waals surface area contributed by atoms with Crippen LogP contribution >= 0.6 is 11.6 Å². The van der Waals surface area contributed by atoms with Crippen LogP contribution in [-0.2, 0) is 52.2 Å². The molecule has 448 valence electrons. The SMILES string of the molecule is CC[C@H]1OC(=O)[C@H](C)[C@@H](OC2C[C@@](C)(OC)[C@@H](OC(=O)CCOCCOc3cc4c(=O)c(C(=O)O)cn(C5CC5)c4cc3Cl)[C@H](C)O2)[C@H](C)[C@@H](O[C@@H]2O[C@H](C)C[C@H](N(C)C)[C@H]2O)[C@](C)(O)C[C@@H](C)CN(C)[C@H](C)[C@@H](OC)[C@]1(C)O. The van der Waals surface area contributed by atoms with Gasteiger partial charge in [-0.3, -0.25) is 14.4 Å². The lowest BCUT2D eigenvalue weighted by atomic mass is 9.77. The number of carboxylic acids is 1. The van der Waals surface area contributed by atoms with Crippen LogP contribution in [0.3, 0.4) is 0 Å². The summed E-state index contributed by atoms with van der Waals surface area (Å²) in [5.41, 5.74) is -4.91. The van der Waals surface area contributed by atoms with Crippen LogP contribution in [0.1, 0.15) is 131 Å². The number of ether oxygens (including phenoxy) is 10. The number of nitrogens with zero attached hydrogens (tertiary/aromatic N) is 3. The quantitative estimate of drug-likeness (QED) is 0.105. The van der Waals surface area contributed by atoms with E-state index in [1.165, 1.54) is 26.5 Å². The van der Waals surface area contributed by atoms with E-state index < -0.39 is 107 Å². The molecule has 3 aliphatic heterocycles. The minimum Gasteiger partial charge on any atom is -0.490 e. The minimum absolute atomic E-state index is 0.00340. The van der Waals surface area contributed by atoms with Gasteiger partial charge in [0.25, 0.3) is 0 Å². The molecule has 1 saturated carbocycles. The van der Waals surface area contributed by atoms with Crippen LogP contribution in [0.15, 0.2) is 23.1 Å². The van der Waals surface area contributed by atoms with E-state index in [-0.39, 0.29) is 97.4 Å². The first-order valence-electron chi connectivity index (χ1n) is 27.9. The highest BCUT2D eigenvalue weighted by atomic mass is 35.5. The second-order valence-corrected chi connectivity index (χ2v) is 24.1. The monoisotopic (exact) mass is 1140 g/mol. The molecular weight excluding hydrogens is 1050 g/mol. The molecule has 2 aromatic rings. The van der Waals surface area contributed by atoms with E-state index in [4.69, 9.17) is 59.0 Å². The van der Waals surface area contributed by atoms with Gasteiger partial charge in [-0.25, -0.2) is 4.79 Å². The molecule has 4 N–H and O–H groups in total. The van der Waals surface area contributed by atoms with Crippen LogP contribution < -0.4 is 10.2 Å². The van der Waals surface area contributed by atoms with Gasteiger partial charge in [-0.2, -0.15) is 0 Å². The van der Waals surface area contributed by atoms with Gasteiger partial charge < -0.3 is 82.2 Å². The maximum atomic E-state index is 14.7. The molecule has 4 aliphatic rings. The number of fused-ring (bicyclic) bond motifs is 1. The van der Waals surface area contributed by atoms with Crippen LogP contribution in [0.4, 0.5) is 0 Å². The van der Waals surface area contributed by atoms with Crippen molar-refractivity contribution in [1.82, 2.24) is 14.4 Å². The van der Waals surface area contributed by atoms with Crippen molar-refractivity contribution in [2.45, 2.75) is 211 Å². The molecule has 4 heterocycles. The van der Waals surface area contributed by atoms with E-state index >= 15 is 0 Å². The van der Waals surface area contributed by atoms with Gasteiger partial charge in [-0.1, -0.05) is 32.4 Å². The molecule has 1 unspecified atom stereocenters. The second-order valence-electron chi connectivity index (χ2n) is 23.7. The Morgan fingerprint density at radius 2 is 1.61 bits per heavy atom. The van der Waals surface area contributed by atoms with E-state index in [1.807, 2.05) is 60.7 Å². The van der Waals surface area contributed by atoms with Crippen molar-refractivity contribution in [3.05, 3.63) is 39.1 Å². The molecule has 6 rings (SSSR count). The fourth-order valence-electron chi connectivity index (χ4n) is 12.3. The molecule has 18 atom stereocenters. The average Bonchev–Trinajstić information content (AvgIpc) is 4.25. The van der Waals surface area contributed by atoms with Gasteiger partial charge in [-0.15, -0.1) is 0 Å². The summed E-state index contributed by atoms with van der Waals surface area (Å²) in [6.07, 6.45) is -5.47. The van der Waals surface area contributed by atoms with Crippen LogP contribution in [0.25, 0.3) is 10.9 Å². The molecule has 21 nitrogen and oxygen atoms in total. The molecule has 22 heteroatoms. The molecule has 3 saturated heterocycles. The third-order valence-corrected chi connectivity index (χ3v) is 17.1. The molecule has 4 fully saturated rings. The number of methoxy groups -OCH3 is 2. The Balaban J connectivity index is 1.18. The predicted molar refractivity (Wildman–Crippen MR) is 292 cm³/mol. The zero-order chi connectivity index (χ0) is 58.6. The second kappa shape index (κ2) is 26.8. The summed E-state index contributed by atoms with van der Waals surface area (Å²) < 4.78 is 64.3. The lowest BCUT2D eigenvalue weighted by Gasteiger charge is -2.49. The highest BCUT2D eigenvalue weighted by Gasteiger charge is 2.54. The number of hydrogen-bond donors (Lipinski definition) is 4. The summed E-state index contributed by atoms with van der Waals surface area (Å²) >= 11 is 6.56. The molecule has 0 spiro atoms. The first-order valence-corrected chi connectivity index (χ1v) is 28.3. The van der Waals surface area contributed by atoms with Gasteiger partial charge in [0.2, 0.25) is 5.43 Å². The lowest BCUT2D eigenvalue weighted by molar-refractivity contribution is -0.318. The van der Waals surface area contributed by atoms with Gasteiger partial charge in [-0.05, 0) is 120 Å². The third kappa shape index (κ3) is 15.0. The Labute approximate surface area is 470 Å². The third-order valence-electron chi connectivity index (χ3n) is 16.8. The number of carbonyl (C=O) groups is 3. The first kappa shape index (κ1) is 64.6. The summed E-state index contributed by atoms with van der Waals surface area (Å²) in [5.74, 6) is -4.49. The highest BCUT2D eigenvalue weighted by molar-refractivity contribution is 6.32. The van der Waals surface area contributed by atoms with Gasteiger partial charge in [0.1, 0.15) is 47.4 Å². The van der Waals surface area contributed by atoms with Crippen molar-refractivity contribution in [3.8, 4) is 5.75 Å². The Hall–Kier alpha value is -3.55. The van der Waals surface area contributed by atoms with E-state index in [0.717, 1.165) is 12.8 Å². The summed E-state index contributed by atoms with van der Waals surface area (Å²) in [6.45, 7) is 18.4. The number of aliphatic hydroxyl groups is 3. The number of likely N-dealkylation sites (N-methyl/N-ethyl adjacent to an activating group) is 2. The Morgan fingerprint density at radius 3 is 2.22 bits per heavy atom. The molecule has 0 amide bonds. The standard InChI is InChI=1S/C57H90ClN3O18/c1-16-43-57(10,69)50(70-14)34(6)60(13)28-30(2)26-55(8,68)49(79-54-47(64)41(59(11)12)23-31(3)74-54)32(4)48(33(5)53(67)76-43)78-45-27-56(9,71-15)51(35(7)75-45)77-44(62)19-20-72-21-22-73-42-24-37-40(25-39(42)58)61(36-17-18-36)29-38(46(37)63)52(65)66/h24-25,29-36,41,43,45,47-51,54,64,68-69H,16-23,26-28H2,1-15H3,(H,65,66)/t30-,31-,32+,33-,34-,35+,41+,43-,45?,47-,48+,49-,50-,51+,54+,55-,56-,57-/m1/s1. The van der Waals surface area contributed by atoms with Crippen LogP contribution in [0.5, 0.6) is 5.75 Å². The van der Waals surface area contributed by atoms with E-state index in [9.17, 15) is 39.6 Å². The van der Waals surface area contributed by atoms with Gasteiger partial charge in [0.15, 0.2) is 18.7 Å². The highest BCUT2D eigenvalue weighted by Crippen LogP contribution is 2.42. The molecule has 1 aromatic heterocycles. The first-order chi connectivity index (χ1) is 37.0. The normalized spacial score (nSPS) is 37.5. The Morgan fingerprint density at radius 1 is 0.924 bits per heavy atom. The number of benzene rings is 1. The smallest absolute Gasteiger partial charge is 0.341 e. The topological polar surface area (TPSA) is 253 Å². The van der Waals surface area contributed by atoms with Gasteiger partial charge in [0.05, 0.1) is 71.5 Å². The average molecular weight is 1140 g/mol. The number of carbonyl (C=O) groups excluding carboxylic acids is 2. The largest absolute Gasteiger partial charge is 0.490 e. The number of pyridine rings is 1. The number of esters is 2. The zero-order valence-corrected chi connectivity index (χ0v) is 49.7. The molecule has 1 aliphatic carbocycles. The number of aromatic carboxylic acids is 1. The predicted octanol–water partition coefficient (Wildman–Crippen LogP) is 5.59. The molecular formula is C57H90ClN3O18. The van der Waals surface area contributed by atoms with Gasteiger partial charge >= 0.3 is 17.9 Å². The van der Waals surface area contributed by atoms with E-state index in [0.29, 0.717) is 18.5 Å². The Bertz CT molecular complexity index is 2450. The number of halogens is 1. The number of carboxylic acid groups (broad SMARTS) is 1. The van der Waals surface area contributed by atoms with E-state index in [2.05, 4.69) is 4.90 Å². The lowest BCUT2D eigenvalue weighted by Crippen LogP contribution is -2.61. The summed E-state index contributed by atoms with van der Waals surface area (Å²) in [4.78, 5) is 57.2. The zero-order valence-electron chi connectivity index (χ0n) is 49.0. The molecule has 1 aromatic carbocycles. The number of rotatable bonds is 18. The number of cyclic esters (lactones) is 1. The summed E-state index contributed by atoms with van der Waals surface area (Å²) in [6, 6.07) is 2.44. The fourth-order valence-corrected chi connectivity index (χ4v) is 12.5. The van der Waals surface area contributed by atoms with Gasteiger partial charge in [0, 0.05) is 57.4 Å². The summed E-state index contributed by atoms with van der Waals surface area (Å²) in [7, 11) is 8.67. The number of aromatic nitrogens is 1. The molecule has 0 bridgehead atoms. The van der Waals surface area contributed by atoms with Crippen molar-refractivity contribution < 1.29 is 82.2 Å². The van der Waals surface area contributed by atoms with E-state index in [1.54, 1.807) is 45.3 Å². The molecule has 79 heavy (non-hydrogen) atoms. The Kier molecular flexibility index (Phi) is 21.9.